The average molecular weight is 210 g/mol. The molecule has 1 saturated heterocycles. The molecule has 0 aromatic rings. The number of hydrogen-bond acceptors (Lipinski definition) is 2. The second-order valence-electron chi connectivity index (χ2n) is 4.14. The lowest BCUT2D eigenvalue weighted by atomic mass is 9.93. The van der Waals surface area contributed by atoms with Crippen LogP contribution in [-0.4, -0.2) is 34.8 Å². The molecule has 1 aliphatic rings. The van der Waals surface area contributed by atoms with Crippen molar-refractivity contribution in [2.24, 2.45) is 0 Å². The predicted molar refractivity (Wildman–Crippen MR) is 58.2 cm³/mol. The van der Waals surface area contributed by atoms with E-state index in [9.17, 15) is 9.59 Å². The number of amides is 2. The average Bonchev–Trinajstić information content (AvgIpc) is 2.22. The van der Waals surface area contributed by atoms with Crippen LogP contribution in [0, 0.1) is 0 Å². The van der Waals surface area contributed by atoms with Crippen molar-refractivity contribution < 1.29 is 9.59 Å². The summed E-state index contributed by atoms with van der Waals surface area (Å²) in [6.07, 6.45) is 2.27. The summed E-state index contributed by atoms with van der Waals surface area (Å²) >= 11 is 0. The van der Waals surface area contributed by atoms with Gasteiger partial charge < -0.3 is 10.2 Å². The van der Waals surface area contributed by atoms with Gasteiger partial charge in [0.15, 0.2) is 0 Å². The zero-order valence-electron chi connectivity index (χ0n) is 9.54. The number of nitrogens with zero attached hydrogens (tertiary/aromatic N) is 1. The van der Waals surface area contributed by atoms with Crippen LogP contribution in [0.4, 0.5) is 0 Å². The van der Waals surface area contributed by atoms with Crippen molar-refractivity contribution in [3.05, 3.63) is 12.7 Å². The third-order valence-electron chi connectivity index (χ3n) is 3.00. The van der Waals surface area contributed by atoms with E-state index in [1.54, 1.807) is 17.9 Å². The molecule has 2 unspecified atom stereocenters. The van der Waals surface area contributed by atoms with Gasteiger partial charge in [-0.1, -0.05) is 13.0 Å². The van der Waals surface area contributed by atoms with E-state index in [4.69, 9.17) is 0 Å². The Labute approximate surface area is 90.3 Å². The molecule has 4 heteroatoms. The van der Waals surface area contributed by atoms with Gasteiger partial charge in [0.05, 0.1) is 0 Å². The topological polar surface area (TPSA) is 49.4 Å². The van der Waals surface area contributed by atoms with Crippen molar-refractivity contribution in [3.8, 4) is 0 Å². The minimum atomic E-state index is -0.757. The Morgan fingerprint density at radius 3 is 2.73 bits per heavy atom. The van der Waals surface area contributed by atoms with Crippen LogP contribution < -0.4 is 5.32 Å². The maximum absolute atomic E-state index is 12.1. The van der Waals surface area contributed by atoms with Gasteiger partial charge >= 0.3 is 0 Å². The fraction of sp³-hybridized carbons (Fsp3) is 0.636. The van der Waals surface area contributed by atoms with Crippen LogP contribution in [0.1, 0.15) is 27.2 Å². The Kier molecular flexibility index (Phi) is 3.17. The summed E-state index contributed by atoms with van der Waals surface area (Å²) in [5.74, 6) is -0.135. The second kappa shape index (κ2) is 4.04. The van der Waals surface area contributed by atoms with Crippen LogP contribution in [-0.2, 0) is 9.59 Å². The van der Waals surface area contributed by atoms with Gasteiger partial charge in [-0.25, -0.2) is 0 Å². The molecule has 2 amide bonds. The SMILES string of the molecule is C=CC(C)N1CC(=O)NC(C)(CC)C1=O. The van der Waals surface area contributed by atoms with Crippen molar-refractivity contribution in [3.63, 3.8) is 0 Å². The van der Waals surface area contributed by atoms with E-state index < -0.39 is 5.54 Å². The lowest BCUT2D eigenvalue weighted by molar-refractivity contribution is -0.150. The maximum atomic E-state index is 12.1. The van der Waals surface area contributed by atoms with Gasteiger partial charge in [-0.3, -0.25) is 9.59 Å². The quantitative estimate of drug-likeness (QED) is 0.697. The highest BCUT2D eigenvalue weighted by Crippen LogP contribution is 2.19. The van der Waals surface area contributed by atoms with Crippen LogP contribution in [0.5, 0.6) is 0 Å². The smallest absolute Gasteiger partial charge is 0.248 e. The highest BCUT2D eigenvalue weighted by atomic mass is 16.2. The standard InChI is InChI=1S/C11H18N2O2/c1-5-8(3)13-7-9(14)12-11(4,6-2)10(13)15/h5,8H,1,6-7H2,2-4H3,(H,12,14). The molecule has 0 bridgehead atoms. The van der Waals surface area contributed by atoms with Crippen LogP contribution in [0.15, 0.2) is 12.7 Å². The highest BCUT2D eigenvalue weighted by molar-refractivity contribution is 5.97. The lowest BCUT2D eigenvalue weighted by Crippen LogP contribution is -2.66. The first-order valence-electron chi connectivity index (χ1n) is 5.19. The van der Waals surface area contributed by atoms with Crippen molar-refractivity contribution in [2.45, 2.75) is 38.8 Å². The molecule has 1 N–H and O–H groups in total. The third-order valence-corrected chi connectivity index (χ3v) is 3.00. The van der Waals surface area contributed by atoms with E-state index in [0.29, 0.717) is 6.42 Å². The fourth-order valence-corrected chi connectivity index (χ4v) is 1.64. The summed E-state index contributed by atoms with van der Waals surface area (Å²) in [6.45, 7) is 9.28. The van der Waals surface area contributed by atoms with E-state index in [1.807, 2.05) is 13.8 Å². The predicted octanol–water partition coefficient (Wildman–Crippen LogP) is 0.688. The number of nitrogens with one attached hydrogen (secondary N) is 1. The molecule has 2 atom stereocenters. The van der Waals surface area contributed by atoms with Gasteiger partial charge in [0.25, 0.3) is 0 Å². The van der Waals surface area contributed by atoms with Crippen molar-refractivity contribution in [1.29, 1.82) is 0 Å². The number of piperazine rings is 1. The number of carbonyl (C=O) groups is 2. The fourth-order valence-electron chi connectivity index (χ4n) is 1.64. The Bertz CT molecular complexity index is 301. The van der Waals surface area contributed by atoms with E-state index in [-0.39, 0.29) is 24.4 Å². The van der Waals surface area contributed by atoms with Crippen molar-refractivity contribution in [1.82, 2.24) is 10.2 Å². The molecular weight excluding hydrogens is 192 g/mol. The molecular formula is C11H18N2O2. The first-order valence-corrected chi connectivity index (χ1v) is 5.19. The van der Waals surface area contributed by atoms with Crippen LogP contribution in [0.25, 0.3) is 0 Å². The lowest BCUT2D eigenvalue weighted by Gasteiger charge is -2.41. The molecule has 1 aliphatic heterocycles. The van der Waals surface area contributed by atoms with Gasteiger partial charge in [-0.15, -0.1) is 6.58 Å². The molecule has 0 aliphatic carbocycles. The molecule has 4 nitrogen and oxygen atoms in total. The molecule has 0 aromatic carbocycles. The van der Waals surface area contributed by atoms with Gasteiger partial charge in [-0.05, 0) is 20.3 Å². The highest BCUT2D eigenvalue weighted by Gasteiger charge is 2.42. The summed E-state index contributed by atoms with van der Waals surface area (Å²) in [6, 6.07) is -0.102. The second-order valence-corrected chi connectivity index (χ2v) is 4.14. The zero-order valence-corrected chi connectivity index (χ0v) is 9.54. The van der Waals surface area contributed by atoms with E-state index in [0.717, 1.165) is 0 Å². The van der Waals surface area contributed by atoms with E-state index in [1.165, 1.54) is 0 Å². The van der Waals surface area contributed by atoms with Crippen molar-refractivity contribution >= 4 is 11.8 Å². The van der Waals surface area contributed by atoms with Gasteiger partial charge in [-0.2, -0.15) is 0 Å². The molecule has 0 radical (unpaired) electrons. The summed E-state index contributed by atoms with van der Waals surface area (Å²) in [7, 11) is 0. The largest absolute Gasteiger partial charge is 0.340 e. The first-order chi connectivity index (χ1) is 6.94. The van der Waals surface area contributed by atoms with Crippen LogP contribution in [0.2, 0.25) is 0 Å². The van der Waals surface area contributed by atoms with Gasteiger partial charge in [0, 0.05) is 6.04 Å². The summed E-state index contributed by atoms with van der Waals surface area (Å²) in [4.78, 5) is 25.1. The summed E-state index contributed by atoms with van der Waals surface area (Å²) in [5.41, 5.74) is -0.757. The molecule has 0 saturated carbocycles. The molecule has 1 heterocycles. The van der Waals surface area contributed by atoms with Gasteiger partial charge in [0.1, 0.15) is 12.1 Å². The minimum absolute atomic E-state index is 0.0306. The van der Waals surface area contributed by atoms with Crippen molar-refractivity contribution in [2.75, 3.05) is 6.54 Å². The maximum Gasteiger partial charge on any atom is 0.248 e. The monoisotopic (exact) mass is 210 g/mol. The zero-order chi connectivity index (χ0) is 11.6. The Hall–Kier alpha value is -1.32. The minimum Gasteiger partial charge on any atom is -0.340 e. The molecule has 1 rings (SSSR count). The van der Waals surface area contributed by atoms with E-state index >= 15 is 0 Å². The number of hydrogen-bond donors (Lipinski definition) is 1. The van der Waals surface area contributed by atoms with Crippen LogP contribution >= 0.6 is 0 Å². The number of rotatable bonds is 3. The normalized spacial score (nSPS) is 28.6. The number of carbonyl (C=O) groups excluding carboxylic acids is 2. The molecule has 0 aromatic heterocycles. The molecule has 0 spiro atoms. The van der Waals surface area contributed by atoms with E-state index in [2.05, 4.69) is 11.9 Å². The molecule has 15 heavy (non-hydrogen) atoms. The Morgan fingerprint density at radius 2 is 2.27 bits per heavy atom. The third kappa shape index (κ3) is 2.03. The van der Waals surface area contributed by atoms with Crippen LogP contribution in [0.3, 0.4) is 0 Å². The Morgan fingerprint density at radius 1 is 1.67 bits per heavy atom. The first kappa shape index (κ1) is 11.8. The summed E-state index contributed by atoms with van der Waals surface area (Å²) < 4.78 is 0. The van der Waals surface area contributed by atoms with Gasteiger partial charge in [0.2, 0.25) is 11.8 Å². The summed E-state index contributed by atoms with van der Waals surface area (Å²) in [5, 5.41) is 2.74. The Balaban J connectivity index is 2.96. The molecule has 1 fully saturated rings. The molecule has 84 valence electrons.